The Hall–Kier alpha value is -2.52. The standard InChI is InChI=1S/C20H25N5O3S/c1-3-24-17(22-25(20(24)27)12-13-28-2)14-8-10-23(11-9-14)19(26)18-21-15-6-4-5-7-16(15)29-18/h4-7,14H,3,8-13H2,1-2H3. The van der Waals surface area contributed by atoms with Crippen molar-refractivity contribution in [3.63, 3.8) is 0 Å². The molecule has 1 saturated heterocycles. The molecule has 154 valence electrons. The number of para-hydroxylation sites is 1. The summed E-state index contributed by atoms with van der Waals surface area (Å²) >= 11 is 1.44. The number of hydrogen-bond acceptors (Lipinski definition) is 6. The molecule has 0 aliphatic carbocycles. The van der Waals surface area contributed by atoms with Gasteiger partial charge in [-0.25, -0.2) is 14.5 Å². The first-order valence-corrected chi connectivity index (χ1v) is 10.7. The van der Waals surface area contributed by atoms with Gasteiger partial charge in [0.15, 0.2) is 5.01 Å². The van der Waals surface area contributed by atoms with Crippen LogP contribution in [0, 0.1) is 0 Å². The van der Waals surface area contributed by atoms with Crippen molar-refractivity contribution in [3.8, 4) is 0 Å². The first-order valence-electron chi connectivity index (χ1n) is 9.93. The number of fused-ring (bicyclic) bond motifs is 1. The highest BCUT2D eigenvalue weighted by molar-refractivity contribution is 7.20. The molecular formula is C20H25N5O3S. The van der Waals surface area contributed by atoms with Crippen LogP contribution in [0.25, 0.3) is 10.2 Å². The second-order valence-electron chi connectivity index (χ2n) is 7.15. The van der Waals surface area contributed by atoms with Gasteiger partial charge >= 0.3 is 5.69 Å². The fraction of sp³-hybridized carbons (Fsp3) is 0.500. The van der Waals surface area contributed by atoms with Gasteiger partial charge in [0.25, 0.3) is 5.91 Å². The molecule has 1 fully saturated rings. The molecule has 0 atom stereocenters. The van der Waals surface area contributed by atoms with Crippen molar-refractivity contribution in [2.24, 2.45) is 0 Å². The van der Waals surface area contributed by atoms with E-state index in [9.17, 15) is 9.59 Å². The van der Waals surface area contributed by atoms with Gasteiger partial charge in [0.1, 0.15) is 5.82 Å². The number of carbonyl (C=O) groups is 1. The monoisotopic (exact) mass is 415 g/mol. The van der Waals surface area contributed by atoms with Crippen molar-refractivity contribution >= 4 is 27.5 Å². The molecule has 3 heterocycles. The molecule has 8 nitrogen and oxygen atoms in total. The van der Waals surface area contributed by atoms with Crippen LogP contribution in [0.4, 0.5) is 0 Å². The zero-order chi connectivity index (χ0) is 20.4. The number of aromatic nitrogens is 4. The number of rotatable bonds is 6. The summed E-state index contributed by atoms with van der Waals surface area (Å²) in [5.41, 5.74) is 0.775. The van der Waals surface area contributed by atoms with Crippen LogP contribution in [0.1, 0.15) is 41.3 Å². The summed E-state index contributed by atoms with van der Waals surface area (Å²) in [6, 6.07) is 7.80. The van der Waals surface area contributed by atoms with Gasteiger partial charge in [-0.15, -0.1) is 11.3 Å². The Morgan fingerprint density at radius 3 is 2.72 bits per heavy atom. The second-order valence-corrected chi connectivity index (χ2v) is 8.18. The Kier molecular flexibility index (Phi) is 5.77. The summed E-state index contributed by atoms with van der Waals surface area (Å²) in [6.07, 6.45) is 1.58. The van der Waals surface area contributed by atoms with E-state index in [-0.39, 0.29) is 17.5 Å². The number of carbonyl (C=O) groups excluding carboxylic acids is 1. The molecule has 9 heteroatoms. The lowest BCUT2D eigenvalue weighted by molar-refractivity contribution is 0.0710. The minimum absolute atomic E-state index is 0.0110. The molecule has 1 aliphatic rings. The topological polar surface area (TPSA) is 82.2 Å². The maximum atomic E-state index is 12.9. The second kappa shape index (κ2) is 8.46. The van der Waals surface area contributed by atoms with Crippen molar-refractivity contribution in [1.82, 2.24) is 24.2 Å². The zero-order valence-electron chi connectivity index (χ0n) is 16.7. The fourth-order valence-electron chi connectivity index (χ4n) is 3.82. The maximum Gasteiger partial charge on any atom is 0.345 e. The van der Waals surface area contributed by atoms with Crippen molar-refractivity contribution in [3.05, 3.63) is 45.6 Å². The molecule has 0 unspecified atom stereocenters. The number of hydrogen-bond donors (Lipinski definition) is 0. The minimum Gasteiger partial charge on any atom is -0.383 e. The highest BCUT2D eigenvalue weighted by atomic mass is 32.1. The number of benzene rings is 1. The summed E-state index contributed by atoms with van der Waals surface area (Å²) in [4.78, 5) is 31.8. The lowest BCUT2D eigenvalue weighted by Crippen LogP contribution is -2.38. The van der Waals surface area contributed by atoms with Crippen LogP contribution in [-0.2, 0) is 17.8 Å². The van der Waals surface area contributed by atoms with Crippen LogP contribution in [0.15, 0.2) is 29.1 Å². The Bertz CT molecular complexity index is 1030. The largest absolute Gasteiger partial charge is 0.383 e. The van der Waals surface area contributed by atoms with E-state index < -0.39 is 0 Å². The maximum absolute atomic E-state index is 12.9. The van der Waals surface area contributed by atoms with Gasteiger partial charge in [0.05, 0.1) is 23.4 Å². The summed E-state index contributed by atoms with van der Waals surface area (Å²) in [6.45, 7) is 4.73. The molecule has 0 bridgehead atoms. The van der Waals surface area contributed by atoms with Gasteiger partial charge < -0.3 is 9.64 Å². The minimum atomic E-state index is -0.0902. The molecule has 0 saturated carbocycles. The van der Waals surface area contributed by atoms with E-state index in [2.05, 4.69) is 10.1 Å². The first-order chi connectivity index (χ1) is 14.1. The van der Waals surface area contributed by atoms with Crippen molar-refractivity contribution in [2.45, 2.75) is 38.8 Å². The predicted molar refractivity (Wildman–Crippen MR) is 112 cm³/mol. The molecule has 2 aromatic heterocycles. The van der Waals surface area contributed by atoms with Crippen LogP contribution < -0.4 is 5.69 Å². The Labute approximate surface area is 172 Å². The normalized spacial score (nSPS) is 15.3. The summed E-state index contributed by atoms with van der Waals surface area (Å²) in [5, 5.41) is 5.11. The highest BCUT2D eigenvalue weighted by Crippen LogP contribution is 2.29. The molecule has 0 radical (unpaired) electrons. The number of ether oxygens (including phenoxy) is 1. The summed E-state index contributed by atoms with van der Waals surface area (Å²) in [5.74, 6) is 0.981. The molecule has 0 N–H and O–H groups in total. The molecule has 1 aromatic carbocycles. The molecule has 0 spiro atoms. The average Bonchev–Trinajstić information content (AvgIpc) is 3.32. The lowest BCUT2D eigenvalue weighted by Gasteiger charge is -2.31. The van der Waals surface area contributed by atoms with Crippen LogP contribution in [-0.4, -0.2) is 56.9 Å². The summed E-state index contributed by atoms with van der Waals surface area (Å²) in [7, 11) is 1.61. The highest BCUT2D eigenvalue weighted by Gasteiger charge is 2.29. The van der Waals surface area contributed by atoms with E-state index in [0.29, 0.717) is 37.8 Å². The van der Waals surface area contributed by atoms with E-state index >= 15 is 0 Å². The van der Waals surface area contributed by atoms with Gasteiger partial charge in [-0.1, -0.05) is 12.1 Å². The van der Waals surface area contributed by atoms with Crippen molar-refractivity contribution in [1.29, 1.82) is 0 Å². The van der Waals surface area contributed by atoms with Gasteiger partial charge in [-0.3, -0.25) is 9.36 Å². The molecule has 3 aromatic rings. The van der Waals surface area contributed by atoms with Crippen LogP contribution in [0.2, 0.25) is 0 Å². The third-order valence-corrected chi connectivity index (χ3v) is 6.42. The quantitative estimate of drug-likeness (QED) is 0.617. The fourth-order valence-corrected chi connectivity index (χ4v) is 4.75. The van der Waals surface area contributed by atoms with Crippen LogP contribution in [0.5, 0.6) is 0 Å². The number of piperidine rings is 1. The SMILES string of the molecule is CCn1c(C2CCN(C(=O)c3nc4ccccc4s3)CC2)nn(CCOC)c1=O. The molecule has 29 heavy (non-hydrogen) atoms. The summed E-state index contributed by atoms with van der Waals surface area (Å²) < 4.78 is 9.33. The molecular weight excluding hydrogens is 390 g/mol. The predicted octanol–water partition coefficient (Wildman–Crippen LogP) is 2.34. The van der Waals surface area contributed by atoms with Crippen LogP contribution in [0.3, 0.4) is 0 Å². The average molecular weight is 416 g/mol. The number of thiazole rings is 1. The molecule has 1 amide bonds. The third-order valence-electron chi connectivity index (χ3n) is 5.40. The Morgan fingerprint density at radius 1 is 1.28 bits per heavy atom. The smallest absolute Gasteiger partial charge is 0.345 e. The molecule has 1 aliphatic heterocycles. The van der Waals surface area contributed by atoms with E-state index in [1.807, 2.05) is 36.1 Å². The van der Waals surface area contributed by atoms with Gasteiger partial charge in [-0.2, -0.15) is 5.10 Å². The van der Waals surface area contributed by atoms with E-state index in [1.54, 1.807) is 11.7 Å². The van der Waals surface area contributed by atoms with Gasteiger partial charge in [0, 0.05) is 32.7 Å². The Morgan fingerprint density at radius 2 is 2.03 bits per heavy atom. The molecule has 4 rings (SSSR count). The third kappa shape index (κ3) is 3.84. The number of amides is 1. The van der Waals surface area contributed by atoms with Gasteiger partial charge in [0.2, 0.25) is 0 Å². The zero-order valence-corrected chi connectivity index (χ0v) is 17.5. The van der Waals surface area contributed by atoms with Gasteiger partial charge in [-0.05, 0) is 31.9 Å². The van der Waals surface area contributed by atoms with Crippen molar-refractivity contribution in [2.75, 3.05) is 26.8 Å². The van der Waals surface area contributed by atoms with E-state index in [0.717, 1.165) is 28.9 Å². The number of methoxy groups -OCH3 is 1. The Balaban J connectivity index is 1.46. The van der Waals surface area contributed by atoms with E-state index in [4.69, 9.17) is 4.74 Å². The van der Waals surface area contributed by atoms with Crippen LogP contribution >= 0.6 is 11.3 Å². The lowest BCUT2D eigenvalue weighted by atomic mass is 9.96. The van der Waals surface area contributed by atoms with E-state index in [1.165, 1.54) is 16.0 Å². The number of likely N-dealkylation sites (tertiary alicyclic amines) is 1. The first kappa shape index (κ1) is 19.8. The number of nitrogens with zero attached hydrogens (tertiary/aromatic N) is 5. The van der Waals surface area contributed by atoms with Crippen molar-refractivity contribution < 1.29 is 9.53 Å².